The van der Waals surface area contributed by atoms with Crippen molar-refractivity contribution in [3.05, 3.63) is 11.8 Å². The van der Waals surface area contributed by atoms with Crippen LogP contribution in [0.2, 0.25) is 0 Å². The highest BCUT2D eigenvalue weighted by Crippen LogP contribution is 2.39. The summed E-state index contributed by atoms with van der Waals surface area (Å²) in [5.41, 5.74) is -0.554. The molecule has 0 spiro atoms. The van der Waals surface area contributed by atoms with Gasteiger partial charge >= 0.3 is 11.3 Å². The highest BCUT2D eigenvalue weighted by Gasteiger charge is 2.57. The molecule has 2 heterocycles. The molecule has 148 valence electrons. The Labute approximate surface area is 152 Å². The van der Waals surface area contributed by atoms with Crippen LogP contribution >= 0.6 is 0 Å². The van der Waals surface area contributed by atoms with E-state index in [9.17, 15) is 13.2 Å². The molecule has 0 bridgehead atoms. The van der Waals surface area contributed by atoms with Gasteiger partial charge in [0.2, 0.25) is 0 Å². The molecule has 2 rings (SSSR count). The molecule has 1 aliphatic rings. The Bertz CT molecular complexity index is 784. The summed E-state index contributed by atoms with van der Waals surface area (Å²) in [7, 11) is -3.75. The standard InChI is InChI=1S/C16H25F2N3O4S/c1-11-10-13(20(5)19-11)26(23,24)16(17,18)12-8-6-7-9-21(12)14(22)25-15(2,3)4/h10,12H,6-9H2,1-5H3. The van der Waals surface area contributed by atoms with E-state index in [4.69, 9.17) is 4.74 Å². The first-order valence-electron chi connectivity index (χ1n) is 8.40. The number of piperidine rings is 1. The van der Waals surface area contributed by atoms with Crippen LogP contribution in [0.5, 0.6) is 0 Å². The number of rotatable bonds is 3. The number of amides is 1. The lowest BCUT2D eigenvalue weighted by Crippen LogP contribution is -2.57. The lowest BCUT2D eigenvalue weighted by molar-refractivity contribution is -0.0457. The lowest BCUT2D eigenvalue weighted by Gasteiger charge is -2.39. The number of aromatic nitrogens is 2. The molecular formula is C16H25F2N3O4S. The summed E-state index contributed by atoms with van der Waals surface area (Å²) in [5, 5.41) is -0.899. The predicted molar refractivity (Wildman–Crippen MR) is 90.7 cm³/mol. The molecule has 1 amide bonds. The maximum Gasteiger partial charge on any atom is 0.410 e. The van der Waals surface area contributed by atoms with Gasteiger partial charge in [-0.3, -0.25) is 9.58 Å². The summed E-state index contributed by atoms with van der Waals surface area (Å²) in [5.74, 6) is 0. The van der Waals surface area contributed by atoms with Crippen LogP contribution in [-0.2, 0) is 21.6 Å². The monoisotopic (exact) mass is 393 g/mol. The van der Waals surface area contributed by atoms with Crippen molar-refractivity contribution in [2.75, 3.05) is 6.54 Å². The fourth-order valence-corrected chi connectivity index (χ4v) is 4.57. The number of halogens is 2. The van der Waals surface area contributed by atoms with E-state index in [1.165, 1.54) is 14.0 Å². The number of hydrogen-bond donors (Lipinski definition) is 0. The van der Waals surface area contributed by atoms with E-state index < -0.39 is 37.9 Å². The van der Waals surface area contributed by atoms with Crippen LogP contribution in [0.15, 0.2) is 11.1 Å². The van der Waals surface area contributed by atoms with Crippen LogP contribution in [0.3, 0.4) is 0 Å². The van der Waals surface area contributed by atoms with E-state index in [1.807, 2.05) is 0 Å². The van der Waals surface area contributed by atoms with E-state index in [1.54, 1.807) is 20.8 Å². The van der Waals surface area contributed by atoms with Crippen LogP contribution in [0.4, 0.5) is 13.6 Å². The van der Waals surface area contributed by atoms with Crippen LogP contribution < -0.4 is 0 Å². The maximum atomic E-state index is 15.1. The third kappa shape index (κ3) is 3.84. The maximum absolute atomic E-state index is 15.1. The van der Waals surface area contributed by atoms with E-state index >= 15 is 8.78 Å². The summed E-state index contributed by atoms with van der Waals surface area (Å²) >= 11 is 0. The highest BCUT2D eigenvalue weighted by molar-refractivity contribution is 7.92. The van der Waals surface area contributed by atoms with Crippen LogP contribution in [-0.4, -0.2) is 52.6 Å². The topological polar surface area (TPSA) is 81.5 Å². The van der Waals surface area contributed by atoms with Gasteiger partial charge in [-0.2, -0.15) is 13.9 Å². The zero-order valence-corrected chi connectivity index (χ0v) is 16.4. The molecule has 1 saturated heterocycles. The van der Waals surface area contributed by atoms with Gasteiger partial charge < -0.3 is 4.74 Å². The third-order valence-corrected chi connectivity index (χ3v) is 6.03. The van der Waals surface area contributed by atoms with Gasteiger partial charge in [-0.05, 0) is 53.0 Å². The van der Waals surface area contributed by atoms with Crippen molar-refractivity contribution < 1.29 is 26.7 Å². The Morgan fingerprint density at radius 1 is 1.31 bits per heavy atom. The van der Waals surface area contributed by atoms with E-state index in [0.29, 0.717) is 18.5 Å². The van der Waals surface area contributed by atoms with Gasteiger partial charge in [0.25, 0.3) is 9.84 Å². The Morgan fingerprint density at radius 3 is 2.42 bits per heavy atom. The molecule has 0 saturated carbocycles. The average molecular weight is 393 g/mol. The zero-order chi connectivity index (χ0) is 19.9. The molecule has 1 aromatic heterocycles. The first kappa shape index (κ1) is 20.6. The van der Waals surface area contributed by atoms with Crippen molar-refractivity contribution in [1.29, 1.82) is 0 Å². The van der Waals surface area contributed by atoms with Crippen molar-refractivity contribution >= 4 is 15.9 Å². The van der Waals surface area contributed by atoms with Gasteiger partial charge in [0.05, 0.1) is 5.69 Å². The minimum absolute atomic E-state index is 0.0229. The molecule has 1 unspecified atom stereocenters. The van der Waals surface area contributed by atoms with E-state index in [0.717, 1.165) is 15.6 Å². The lowest BCUT2D eigenvalue weighted by atomic mass is 10.0. The molecule has 0 aliphatic carbocycles. The van der Waals surface area contributed by atoms with Crippen molar-refractivity contribution in [2.45, 2.75) is 68.9 Å². The Hall–Kier alpha value is -1.71. The molecule has 0 aromatic carbocycles. The fourth-order valence-electron chi connectivity index (χ4n) is 2.98. The molecule has 1 fully saturated rings. The Kier molecular flexibility index (Phi) is 5.38. The van der Waals surface area contributed by atoms with E-state index in [2.05, 4.69) is 5.10 Å². The number of carbonyl (C=O) groups is 1. The second-order valence-corrected chi connectivity index (χ2v) is 9.47. The summed E-state index contributed by atoms with van der Waals surface area (Å²) in [6, 6.07) is -0.685. The fraction of sp³-hybridized carbons (Fsp3) is 0.750. The number of carbonyl (C=O) groups excluding carboxylic acids is 1. The van der Waals surface area contributed by atoms with Gasteiger partial charge in [-0.15, -0.1) is 0 Å². The molecular weight excluding hydrogens is 368 g/mol. The minimum Gasteiger partial charge on any atom is -0.444 e. The smallest absolute Gasteiger partial charge is 0.410 e. The first-order valence-corrected chi connectivity index (χ1v) is 9.88. The van der Waals surface area contributed by atoms with Gasteiger partial charge in [-0.1, -0.05) is 0 Å². The number of alkyl halides is 2. The Morgan fingerprint density at radius 2 is 1.92 bits per heavy atom. The summed E-state index contributed by atoms with van der Waals surface area (Å²) in [6.45, 7) is 6.41. The number of nitrogens with zero attached hydrogens (tertiary/aromatic N) is 3. The average Bonchev–Trinajstić information content (AvgIpc) is 2.84. The Balaban J connectivity index is 2.41. The number of hydrogen-bond acceptors (Lipinski definition) is 5. The number of aryl methyl sites for hydroxylation is 2. The molecule has 7 nitrogen and oxygen atoms in total. The molecule has 1 atom stereocenters. The van der Waals surface area contributed by atoms with E-state index in [-0.39, 0.29) is 13.0 Å². The SMILES string of the molecule is Cc1cc(S(=O)(=O)C(F)(F)C2CCCCN2C(=O)OC(C)(C)C)n(C)n1. The third-order valence-electron chi connectivity index (χ3n) is 4.11. The van der Waals surface area contributed by atoms with Gasteiger partial charge in [0.15, 0.2) is 5.03 Å². The van der Waals surface area contributed by atoms with Crippen molar-refractivity contribution in [1.82, 2.24) is 14.7 Å². The molecule has 10 heteroatoms. The van der Waals surface area contributed by atoms with Gasteiger partial charge in [0.1, 0.15) is 11.6 Å². The van der Waals surface area contributed by atoms with Crippen molar-refractivity contribution in [2.24, 2.45) is 7.05 Å². The predicted octanol–water partition coefficient (Wildman–Crippen LogP) is 2.88. The summed E-state index contributed by atoms with van der Waals surface area (Å²) in [6.07, 6.45) is -0.142. The van der Waals surface area contributed by atoms with Crippen molar-refractivity contribution in [3.63, 3.8) is 0 Å². The second kappa shape index (κ2) is 6.79. The molecule has 0 radical (unpaired) electrons. The quantitative estimate of drug-likeness (QED) is 0.789. The van der Waals surface area contributed by atoms with Gasteiger partial charge in [-0.25, -0.2) is 13.2 Å². The number of sulfone groups is 1. The molecule has 1 aromatic rings. The molecule has 0 N–H and O–H groups in total. The van der Waals surface area contributed by atoms with Crippen molar-refractivity contribution in [3.8, 4) is 0 Å². The second-order valence-electron chi connectivity index (χ2n) is 7.50. The highest BCUT2D eigenvalue weighted by atomic mass is 32.2. The van der Waals surface area contributed by atoms with Crippen LogP contribution in [0.25, 0.3) is 0 Å². The molecule has 1 aliphatic heterocycles. The summed E-state index contributed by atoms with van der Waals surface area (Å²) < 4.78 is 61.7. The van der Waals surface area contributed by atoms with Crippen LogP contribution in [0.1, 0.15) is 45.7 Å². The molecule has 26 heavy (non-hydrogen) atoms. The largest absolute Gasteiger partial charge is 0.444 e. The number of ether oxygens (including phenoxy) is 1. The van der Waals surface area contributed by atoms with Crippen LogP contribution in [0, 0.1) is 6.92 Å². The number of likely N-dealkylation sites (tertiary alicyclic amines) is 1. The minimum atomic E-state index is -5.04. The summed E-state index contributed by atoms with van der Waals surface area (Å²) in [4.78, 5) is 13.2. The zero-order valence-electron chi connectivity index (χ0n) is 15.6. The van der Waals surface area contributed by atoms with Gasteiger partial charge in [0, 0.05) is 13.6 Å². The normalized spacial score (nSPS) is 19.5. The first-order chi connectivity index (χ1) is 11.8.